The van der Waals surface area contributed by atoms with E-state index >= 15 is 0 Å². The number of ketones is 1. The standard InChI is InChI=1S/C17H22N2O4/c1-11(20)14-8-15(18-10-14)17(22)23-12(2)16(21)19-9-13-6-4-3-5-7-13/h3-7,12,14-15,18H,8-10H2,1-2H3,(H,19,21). The Morgan fingerprint density at radius 3 is 2.61 bits per heavy atom. The zero-order valence-corrected chi connectivity index (χ0v) is 13.4. The molecule has 23 heavy (non-hydrogen) atoms. The molecular formula is C17H22N2O4. The fraction of sp³-hybridized carbons (Fsp3) is 0.471. The Hall–Kier alpha value is -2.21. The van der Waals surface area contributed by atoms with Gasteiger partial charge in [-0.1, -0.05) is 30.3 Å². The molecule has 0 spiro atoms. The highest BCUT2D eigenvalue weighted by Gasteiger charge is 2.34. The normalized spacial score (nSPS) is 21.5. The first-order chi connectivity index (χ1) is 11.0. The molecule has 3 unspecified atom stereocenters. The van der Waals surface area contributed by atoms with Gasteiger partial charge in [-0.25, -0.2) is 0 Å². The molecule has 0 bridgehead atoms. The zero-order valence-electron chi connectivity index (χ0n) is 13.4. The minimum Gasteiger partial charge on any atom is -0.451 e. The lowest BCUT2D eigenvalue weighted by Crippen LogP contribution is -2.40. The average molecular weight is 318 g/mol. The number of ether oxygens (including phenoxy) is 1. The summed E-state index contributed by atoms with van der Waals surface area (Å²) in [6.45, 7) is 3.91. The van der Waals surface area contributed by atoms with Crippen LogP contribution in [0.3, 0.4) is 0 Å². The van der Waals surface area contributed by atoms with Crippen LogP contribution in [0, 0.1) is 5.92 Å². The SMILES string of the molecule is CC(=O)C1CNC(C(=O)OC(C)C(=O)NCc2ccccc2)C1. The summed E-state index contributed by atoms with van der Waals surface area (Å²) in [5.74, 6) is -0.935. The van der Waals surface area contributed by atoms with Crippen molar-refractivity contribution in [2.24, 2.45) is 5.92 Å². The van der Waals surface area contributed by atoms with Gasteiger partial charge in [0.1, 0.15) is 11.8 Å². The molecule has 0 radical (unpaired) electrons. The van der Waals surface area contributed by atoms with E-state index in [2.05, 4.69) is 10.6 Å². The summed E-state index contributed by atoms with van der Waals surface area (Å²) in [7, 11) is 0. The third-order valence-electron chi connectivity index (χ3n) is 3.96. The van der Waals surface area contributed by atoms with Crippen molar-refractivity contribution < 1.29 is 19.1 Å². The van der Waals surface area contributed by atoms with E-state index < -0.39 is 18.1 Å². The van der Waals surface area contributed by atoms with Crippen LogP contribution < -0.4 is 10.6 Å². The predicted molar refractivity (Wildman–Crippen MR) is 84.4 cm³/mol. The predicted octanol–water partition coefficient (Wildman–Crippen LogP) is 0.802. The second-order valence-corrected chi connectivity index (χ2v) is 5.79. The summed E-state index contributed by atoms with van der Waals surface area (Å²) in [6, 6.07) is 8.97. The minimum absolute atomic E-state index is 0.0569. The van der Waals surface area contributed by atoms with E-state index in [0.29, 0.717) is 19.5 Å². The smallest absolute Gasteiger partial charge is 0.323 e. The van der Waals surface area contributed by atoms with Crippen LogP contribution in [-0.2, 0) is 25.7 Å². The van der Waals surface area contributed by atoms with Crippen LogP contribution in [-0.4, -0.2) is 36.4 Å². The number of carbonyl (C=O) groups excluding carboxylic acids is 3. The summed E-state index contributed by atoms with van der Waals surface area (Å²) in [5, 5.41) is 5.69. The molecule has 1 fully saturated rings. The number of nitrogens with one attached hydrogen (secondary N) is 2. The molecule has 6 heteroatoms. The Morgan fingerprint density at radius 2 is 2.00 bits per heavy atom. The van der Waals surface area contributed by atoms with E-state index in [1.165, 1.54) is 13.8 Å². The first-order valence-corrected chi connectivity index (χ1v) is 7.73. The van der Waals surface area contributed by atoms with Crippen molar-refractivity contribution in [3.8, 4) is 0 Å². The number of benzene rings is 1. The number of hydrogen-bond acceptors (Lipinski definition) is 5. The Morgan fingerprint density at radius 1 is 1.30 bits per heavy atom. The van der Waals surface area contributed by atoms with Crippen LogP contribution in [0.2, 0.25) is 0 Å². The third kappa shape index (κ3) is 4.89. The van der Waals surface area contributed by atoms with Crippen LogP contribution in [0.15, 0.2) is 30.3 Å². The van der Waals surface area contributed by atoms with Gasteiger partial charge in [-0.05, 0) is 25.8 Å². The maximum absolute atomic E-state index is 12.0. The molecule has 1 heterocycles. The van der Waals surface area contributed by atoms with E-state index in [0.717, 1.165) is 5.56 Å². The highest BCUT2D eigenvalue weighted by molar-refractivity contribution is 5.86. The summed E-state index contributed by atoms with van der Waals surface area (Å²) >= 11 is 0. The lowest BCUT2D eigenvalue weighted by atomic mass is 10.0. The van der Waals surface area contributed by atoms with Crippen molar-refractivity contribution in [2.45, 2.75) is 39.0 Å². The van der Waals surface area contributed by atoms with Crippen LogP contribution >= 0.6 is 0 Å². The molecule has 2 rings (SSSR count). The Kier molecular flexibility index (Phi) is 5.87. The van der Waals surface area contributed by atoms with E-state index in [1.54, 1.807) is 0 Å². The number of hydrogen-bond donors (Lipinski definition) is 2. The third-order valence-corrected chi connectivity index (χ3v) is 3.96. The number of amides is 1. The van der Waals surface area contributed by atoms with Crippen molar-refractivity contribution in [2.75, 3.05) is 6.54 Å². The molecule has 0 aliphatic carbocycles. The largest absolute Gasteiger partial charge is 0.451 e. The Labute approximate surface area is 135 Å². The first kappa shape index (κ1) is 17.1. The molecule has 0 aromatic heterocycles. The number of carbonyl (C=O) groups is 3. The van der Waals surface area contributed by atoms with Gasteiger partial charge in [-0.3, -0.25) is 14.4 Å². The van der Waals surface area contributed by atoms with Crippen LogP contribution in [0.1, 0.15) is 25.8 Å². The second-order valence-electron chi connectivity index (χ2n) is 5.79. The summed E-state index contributed by atoms with van der Waals surface area (Å²) in [5.41, 5.74) is 0.973. The number of esters is 1. The molecule has 2 N–H and O–H groups in total. The van der Waals surface area contributed by atoms with Crippen molar-refractivity contribution in [1.29, 1.82) is 0 Å². The summed E-state index contributed by atoms with van der Waals surface area (Å²) < 4.78 is 5.19. The van der Waals surface area contributed by atoms with Gasteiger partial charge in [0, 0.05) is 19.0 Å². The van der Waals surface area contributed by atoms with E-state index in [1.807, 2.05) is 30.3 Å². The Bertz CT molecular complexity index is 573. The molecule has 3 atom stereocenters. The van der Waals surface area contributed by atoms with Crippen LogP contribution in [0.4, 0.5) is 0 Å². The van der Waals surface area contributed by atoms with Crippen molar-refractivity contribution >= 4 is 17.7 Å². The lowest BCUT2D eigenvalue weighted by molar-refractivity contribution is -0.156. The summed E-state index contributed by atoms with van der Waals surface area (Å²) in [6.07, 6.45) is -0.448. The minimum atomic E-state index is -0.871. The number of rotatable bonds is 6. The second kappa shape index (κ2) is 7.87. The van der Waals surface area contributed by atoms with E-state index in [4.69, 9.17) is 4.74 Å². The molecule has 1 saturated heterocycles. The molecule has 1 aromatic rings. The van der Waals surface area contributed by atoms with Gasteiger partial charge < -0.3 is 15.4 Å². The zero-order chi connectivity index (χ0) is 16.8. The highest BCUT2D eigenvalue weighted by atomic mass is 16.5. The molecule has 1 aliphatic heterocycles. The van der Waals surface area contributed by atoms with Crippen molar-refractivity contribution in [3.63, 3.8) is 0 Å². The van der Waals surface area contributed by atoms with Crippen molar-refractivity contribution in [3.05, 3.63) is 35.9 Å². The molecule has 1 aliphatic rings. The van der Waals surface area contributed by atoms with Crippen LogP contribution in [0.5, 0.6) is 0 Å². The lowest BCUT2D eigenvalue weighted by Gasteiger charge is -2.16. The van der Waals surface area contributed by atoms with Crippen LogP contribution in [0.25, 0.3) is 0 Å². The van der Waals surface area contributed by atoms with Gasteiger partial charge in [0.05, 0.1) is 0 Å². The van der Waals surface area contributed by atoms with Gasteiger partial charge >= 0.3 is 5.97 Å². The monoisotopic (exact) mass is 318 g/mol. The molecule has 1 amide bonds. The fourth-order valence-corrected chi connectivity index (χ4v) is 2.46. The molecular weight excluding hydrogens is 296 g/mol. The van der Waals surface area contributed by atoms with Gasteiger partial charge in [0.15, 0.2) is 6.10 Å². The van der Waals surface area contributed by atoms with Crippen molar-refractivity contribution in [1.82, 2.24) is 10.6 Å². The maximum atomic E-state index is 12.0. The highest BCUT2D eigenvalue weighted by Crippen LogP contribution is 2.16. The first-order valence-electron chi connectivity index (χ1n) is 7.73. The fourth-order valence-electron chi connectivity index (χ4n) is 2.46. The topological polar surface area (TPSA) is 84.5 Å². The summed E-state index contributed by atoms with van der Waals surface area (Å²) in [4.78, 5) is 35.3. The Balaban J connectivity index is 1.77. The van der Waals surface area contributed by atoms with Gasteiger partial charge in [0.25, 0.3) is 5.91 Å². The van der Waals surface area contributed by atoms with Gasteiger partial charge in [-0.2, -0.15) is 0 Å². The molecule has 0 saturated carbocycles. The van der Waals surface area contributed by atoms with E-state index in [-0.39, 0.29) is 17.6 Å². The van der Waals surface area contributed by atoms with Gasteiger partial charge in [0.2, 0.25) is 0 Å². The molecule has 1 aromatic carbocycles. The number of Topliss-reactive ketones (excluding diaryl/α,β-unsaturated/α-hetero) is 1. The van der Waals surface area contributed by atoms with E-state index in [9.17, 15) is 14.4 Å². The maximum Gasteiger partial charge on any atom is 0.323 e. The molecule has 6 nitrogen and oxygen atoms in total. The van der Waals surface area contributed by atoms with Gasteiger partial charge in [-0.15, -0.1) is 0 Å². The average Bonchev–Trinajstić information content (AvgIpc) is 3.04. The quantitative estimate of drug-likeness (QED) is 0.758. The molecule has 124 valence electrons.